The smallest absolute Gasteiger partial charge is 0.144 e. The second-order valence-corrected chi connectivity index (χ2v) is 2.27. The van der Waals surface area contributed by atoms with Crippen LogP contribution in [0.2, 0.25) is 0 Å². The summed E-state index contributed by atoms with van der Waals surface area (Å²) in [6.07, 6.45) is 6.30. The summed E-state index contributed by atoms with van der Waals surface area (Å²) in [6, 6.07) is 0. The van der Waals surface area contributed by atoms with Gasteiger partial charge in [0.2, 0.25) is 0 Å². The fourth-order valence-corrected chi connectivity index (χ4v) is 1.09. The lowest BCUT2D eigenvalue weighted by atomic mass is 10.0. The van der Waals surface area contributed by atoms with Crippen molar-refractivity contribution < 1.29 is 14.8 Å². The zero-order valence-corrected chi connectivity index (χ0v) is 4.95. The molecule has 0 spiro atoms. The molecule has 0 amide bonds. The van der Waals surface area contributed by atoms with E-state index < -0.39 is 0 Å². The molecule has 0 radical (unpaired) electrons. The van der Waals surface area contributed by atoms with Crippen molar-refractivity contribution in [2.45, 2.75) is 25.0 Å². The third-order valence-electron chi connectivity index (χ3n) is 1.62. The van der Waals surface area contributed by atoms with Crippen LogP contribution in [0.15, 0.2) is 12.2 Å². The number of hydrogen-bond donors (Lipinski definition) is 0. The van der Waals surface area contributed by atoms with Gasteiger partial charge in [-0.3, -0.25) is 0 Å². The maximum absolute atomic E-state index is 4.78. The van der Waals surface area contributed by atoms with Crippen molar-refractivity contribution >= 4 is 0 Å². The van der Waals surface area contributed by atoms with Gasteiger partial charge in [-0.2, -0.15) is 9.78 Å². The van der Waals surface area contributed by atoms with Crippen LogP contribution in [-0.4, -0.2) is 12.2 Å². The van der Waals surface area contributed by atoms with Crippen molar-refractivity contribution in [1.82, 2.24) is 0 Å². The summed E-state index contributed by atoms with van der Waals surface area (Å²) in [7, 11) is 0. The average Bonchev–Trinajstić information content (AvgIpc) is 2.33. The number of hydrogen-bond acceptors (Lipinski definition) is 3. The molecule has 1 aliphatic heterocycles. The molecule has 1 fully saturated rings. The quantitative estimate of drug-likeness (QED) is 0.359. The molecular weight excluding hydrogens is 120 g/mol. The SMILES string of the molecule is C1=CC2OOOC2CC1. The predicted molar refractivity (Wildman–Crippen MR) is 29.2 cm³/mol. The molecule has 1 saturated heterocycles. The van der Waals surface area contributed by atoms with Crippen LogP contribution in [0.1, 0.15) is 12.8 Å². The maximum Gasteiger partial charge on any atom is 0.144 e. The van der Waals surface area contributed by atoms with E-state index in [2.05, 4.69) is 11.1 Å². The van der Waals surface area contributed by atoms with Gasteiger partial charge in [-0.15, -0.1) is 0 Å². The van der Waals surface area contributed by atoms with E-state index in [-0.39, 0.29) is 12.2 Å². The summed E-state index contributed by atoms with van der Waals surface area (Å²) in [5.74, 6) is 0. The normalized spacial score (nSPS) is 40.9. The van der Waals surface area contributed by atoms with Crippen molar-refractivity contribution in [2.24, 2.45) is 0 Å². The highest BCUT2D eigenvalue weighted by atomic mass is 17.5. The molecule has 0 bridgehead atoms. The zero-order valence-electron chi connectivity index (χ0n) is 4.95. The van der Waals surface area contributed by atoms with E-state index in [9.17, 15) is 0 Å². The topological polar surface area (TPSA) is 27.7 Å². The summed E-state index contributed by atoms with van der Waals surface area (Å²) in [5, 5.41) is 4.34. The zero-order chi connectivity index (χ0) is 6.10. The van der Waals surface area contributed by atoms with Crippen LogP contribution >= 0.6 is 0 Å². The lowest BCUT2D eigenvalue weighted by Gasteiger charge is -2.11. The summed E-state index contributed by atoms with van der Waals surface area (Å²) >= 11 is 0. The van der Waals surface area contributed by atoms with Gasteiger partial charge in [0.1, 0.15) is 12.2 Å². The molecule has 2 unspecified atom stereocenters. The fourth-order valence-electron chi connectivity index (χ4n) is 1.09. The summed E-state index contributed by atoms with van der Waals surface area (Å²) in [4.78, 5) is 9.53. The van der Waals surface area contributed by atoms with Gasteiger partial charge in [0, 0.05) is 0 Å². The van der Waals surface area contributed by atoms with Crippen molar-refractivity contribution in [3.05, 3.63) is 12.2 Å². The third kappa shape index (κ3) is 0.871. The molecule has 2 aliphatic rings. The van der Waals surface area contributed by atoms with Gasteiger partial charge >= 0.3 is 0 Å². The molecular formula is C6H8O3. The molecule has 0 N–H and O–H groups in total. The van der Waals surface area contributed by atoms with Crippen LogP contribution < -0.4 is 0 Å². The van der Waals surface area contributed by atoms with Crippen LogP contribution in [0.5, 0.6) is 0 Å². The Morgan fingerprint density at radius 3 is 3.22 bits per heavy atom. The Kier molecular flexibility index (Phi) is 1.26. The van der Waals surface area contributed by atoms with Crippen LogP contribution in [0.4, 0.5) is 0 Å². The van der Waals surface area contributed by atoms with Gasteiger partial charge in [-0.05, 0) is 12.8 Å². The summed E-state index contributed by atoms with van der Waals surface area (Å²) < 4.78 is 0. The summed E-state index contributed by atoms with van der Waals surface area (Å²) in [5.41, 5.74) is 0. The monoisotopic (exact) mass is 128 g/mol. The molecule has 2 rings (SSSR count). The molecule has 3 nitrogen and oxygen atoms in total. The lowest BCUT2D eigenvalue weighted by molar-refractivity contribution is -0.463. The molecule has 50 valence electrons. The minimum Gasteiger partial charge on any atom is -0.200 e. The van der Waals surface area contributed by atoms with Crippen molar-refractivity contribution in [2.75, 3.05) is 0 Å². The van der Waals surface area contributed by atoms with Crippen molar-refractivity contribution in [1.29, 1.82) is 0 Å². The minimum atomic E-state index is 0.0405. The Hall–Kier alpha value is -0.380. The Balaban J connectivity index is 2.10. The highest BCUT2D eigenvalue weighted by Crippen LogP contribution is 2.23. The van der Waals surface area contributed by atoms with Crippen molar-refractivity contribution in [3.8, 4) is 0 Å². The Labute approximate surface area is 53.1 Å². The van der Waals surface area contributed by atoms with Gasteiger partial charge in [0.25, 0.3) is 0 Å². The van der Waals surface area contributed by atoms with Gasteiger partial charge in [0.15, 0.2) is 0 Å². The van der Waals surface area contributed by atoms with Crippen LogP contribution in [0, 0.1) is 0 Å². The average molecular weight is 128 g/mol. The van der Waals surface area contributed by atoms with E-state index in [4.69, 9.17) is 9.78 Å². The first-order valence-electron chi connectivity index (χ1n) is 3.12. The van der Waals surface area contributed by atoms with E-state index in [0.717, 1.165) is 12.8 Å². The molecule has 0 saturated carbocycles. The largest absolute Gasteiger partial charge is 0.200 e. The molecule has 9 heavy (non-hydrogen) atoms. The van der Waals surface area contributed by atoms with Gasteiger partial charge in [0.05, 0.1) is 0 Å². The van der Waals surface area contributed by atoms with Gasteiger partial charge in [-0.1, -0.05) is 17.2 Å². The second-order valence-electron chi connectivity index (χ2n) is 2.27. The van der Waals surface area contributed by atoms with E-state index in [1.165, 1.54) is 0 Å². The number of fused-ring (bicyclic) bond motifs is 1. The minimum absolute atomic E-state index is 0.0405. The molecule has 0 aromatic heterocycles. The number of allylic oxidation sites excluding steroid dienone is 1. The van der Waals surface area contributed by atoms with Crippen LogP contribution in [0.25, 0.3) is 0 Å². The highest BCUT2D eigenvalue weighted by Gasteiger charge is 2.31. The first-order chi connectivity index (χ1) is 4.47. The summed E-state index contributed by atoms with van der Waals surface area (Å²) in [6.45, 7) is 0. The van der Waals surface area contributed by atoms with E-state index >= 15 is 0 Å². The molecule has 0 aromatic carbocycles. The molecule has 3 heteroatoms. The highest BCUT2D eigenvalue weighted by molar-refractivity contribution is 4.99. The molecule has 1 heterocycles. The van der Waals surface area contributed by atoms with Crippen molar-refractivity contribution in [3.63, 3.8) is 0 Å². The third-order valence-corrected chi connectivity index (χ3v) is 1.62. The molecule has 2 atom stereocenters. The Morgan fingerprint density at radius 2 is 2.33 bits per heavy atom. The first-order valence-corrected chi connectivity index (χ1v) is 3.12. The van der Waals surface area contributed by atoms with Gasteiger partial charge < -0.3 is 0 Å². The molecule has 0 aromatic rings. The maximum atomic E-state index is 4.78. The standard InChI is InChI=1S/C6H8O3/c1-2-4-6-5(3-1)7-9-8-6/h1,3,5-6H,2,4H2. The van der Waals surface area contributed by atoms with Gasteiger partial charge in [-0.25, -0.2) is 0 Å². The number of rotatable bonds is 0. The second kappa shape index (κ2) is 2.10. The van der Waals surface area contributed by atoms with E-state index in [1.807, 2.05) is 6.08 Å². The lowest BCUT2D eigenvalue weighted by Crippen LogP contribution is -2.22. The van der Waals surface area contributed by atoms with E-state index in [1.54, 1.807) is 0 Å². The van der Waals surface area contributed by atoms with Crippen LogP contribution in [-0.2, 0) is 14.8 Å². The fraction of sp³-hybridized carbons (Fsp3) is 0.667. The van der Waals surface area contributed by atoms with E-state index in [0.29, 0.717) is 0 Å². The predicted octanol–water partition coefficient (Wildman–Crippen LogP) is 0.967. The Morgan fingerprint density at radius 1 is 1.33 bits per heavy atom. The Bertz CT molecular complexity index is 132. The first kappa shape index (κ1) is 5.41. The molecule has 1 aliphatic carbocycles. The van der Waals surface area contributed by atoms with Crippen LogP contribution in [0.3, 0.4) is 0 Å².